The smallest absolute Gasteiger partial charge is 0.242 e. The van der Waals surface area contributed by atoms with Crippen molar-refractivity contribution in [2.75, 3.05) is 0 Å². The largest absolute Gasteiger partial charge is 0.352 e. The highest BCUT2D eigenvalue weighted by Gasteiger charge is 2.36. The van der Waals surface area contributed by atoms with E-state index in [9.17, 15) is 4.79 Å². The fourth-order valence-corrected chi connectivity index (χ4v) is 4.71. The number of carbonyl (C=O) groups is 1. The molecule has 1 N–H and O–H groups in total. The van der Waals surface area contributed by atoms with E-state index in [1.807, 2.05) is 13.8 Å². The fourth-order valence-electron chi connectivity index (χ4n) is 4.71. The topological polar surface area (TPSA) is 32.3 Å². The molecule has 33 heavy (non-hydrogen) atoms. The van der Waals surface area contributed by atoms with Crippen molar-refractivity contribution in [3.05, 3.63) is 89.0 Å². The molecule has 2 aromatic rings. The fraction of sp³-hybridized carbons (Fsp3) is 0.433. The molecule has 1 saturated carbocycles. The van der Waals surface area contributed by atoms with Crippen LogP contribution in [0.5, 0.6) is 0 Å². The summed E-state index contributed by atoms with van der Waals surface area (Å²) in [6, 6.07) is 19.0. The minimum atomic E-state index is -0.263. The van der Waals surface area contributed by atoms with Gasteiger partial charge in [-0.05, 0) is 76.5 Å². The van der Waals surface area contributed by atoms with Gasteiger partial charge in [-0.2, -0.15) is 0 Å². The van der Waals surface area contributed by atoms with Gasteiger partial charge in [-0.1, -0.05) is 73.7 Å². The van der Waals surface area contributed by atoms with E-state index in [4.69, 9.17) is 0 Å². The summed E-state index contributed by atoms with van der Waals surface area (Å²) in [6.07, 6.45) is 4.96. The van der Waals surface area contributed by atoms with Gasteiger partial charge in [-0.15, -0.1) is 0 Å². The van der Waals surface area contributed by atoms with Crippen molar-refractivity contribution in [1.82, 2.24) is 10.2 Å². The predicted octanol–water partition coefficient (Wildman–Crippen LogP) is 6.68. The highest BCUT2D eigenvalue weighted by atomic mass is 16.2. The van der Waals surface area contributed by atoms with E-state index in [1.54, 1.807) is 0 Å². The number of aryl methyl sites for hydroxylation is 1. The molecule has 1 aliphatic rings. The van der Waals surface area contributed by atoms with E-state index in [1.165, 1.54) is 34.4 Å². The average molecular weight is 445 g/mol. The first-order valence-electron chi connectivity index (χ1n) is 12.4. The predicted molar refractivity (Wildman–Crippen MR) is 140 cm³/mol. The number of benzene rings is 2. The minimum Gasteiger partial charge on any atom is -0.352 e. The van der Waals surface area contributed by atoms with E-state index in [0.717, 1.165) is 31.3 Å². The van der Waals surface area contributed by atoms with Crippen LogP contribution in [-0.2, 0) is 11.2 Å². The zero-order valence-corrected chi connectivity index (χ0v) is 21.0. The standard InChI is InChI=1S/C30H40N2O/c1-7-27(30(33)31-22(4)5)32(28(21(2)3)20-24-15-9-8-10-16-24)29(25-17-13-18-25)26-19-12-11-14-23(26)6/h8-12,14-16,19,22,27-28H,2,7,13,17-18,20H2,1,3-6H3,(H,31,33). The molecule has 176 valence electrons. The third-order valence-electron chi connectivity index (χ3n) is 6.58. The molecule has 1 aliphatic carbocycles. The number of allylic oxidation sites excluding steroid dienone is 1. The van der Waals surface area contributed by atoms with Crippen LogP contribution in [0, 0.1) is 6.92 Å². The lowest BCUT2D eigenvalue weighted by Crippen LogP contribution is -2.52. The van der Waals surface area contributed by atoms with Gasteiger partial charge < -0.3 is 10.2 Å². The van der Waals surface area contributed by atoms with Gasteiger partial charge in [0.2, 0.25) is 5.91 Å². The molecule has 0 saturated heterocycles. The zero-order chi connectivity index (χ0) is 24.0. The number of amides is 1. The van der Waals surface area contributed by atoms with Gasteiger partial charge in [-0.25, -0.2) is 0 Å². The van der Waals surface area contributed by atoms with Gasteiger partial charge in [0.05, 0.1) is 6.04 Å². The molecule has 3 rings (SSSR count). The number of rotatable bonds is 10. The molecule has 0 radical (unpaired) electrons. The SMILES string of the molecule is C=C(C)C(Cc1ccccc1)N(C(=C1CCC1)c1ccccc1C)C(CC)C(=O)NC(C)C. The van der Waals surface area contributed by atoms with E-state index in [-0.39, 0.29) is 24.0 Å². The molecular formula is C30H40N2O. The highest BCUT2D eigenvalue weighted by Crippen LogP contribution is 2.40. The molecule has 0 heterocycles. The summed E-state index contributed by atoms with van der Waals surface area (Å²) in [5, 5.41) is 3.19. The van der Waals surface area contributed by atoms with Crippen LogP contribution in [0.2, 0.25) is 0 Å². The van der Waals surface area contributed by atoms with Crippen molar-refractivity contribution >= 4 is 11.6 Å². The molecule has 1 amide bonds. The quantitative estimate of drug-likeness (QED) is 0.414. The number of hydrogen-bond donors (Lipinski definition) is 1. The number of carbonyl (C=O) groups excluding carboxylic acids is 1. The lowest BCUT2D eigenvalue weighted by atomic mass is 9.84. The van der Waals surface area contributed by atoms with Gasteiger partial charge in [0.25, 0.3) is 0 Å². The van der Waals surface area contributed by atoms with Crippen LogP contribution >= 0.6 is 0 Å². The van der Waals surface area contributed by atoms with E-state index in [2.05, 4.69) is 92.2 Å². The lowest BCUT2D eigenvalue weighted by molar-refractivity contribution is -0.126. The molecule has 0 aliphatic heterocycles. The Morgan fingerprint density at radius 3 is 2.18 bits per heavy atom. The van der Waals surface area contributed by atoms with Crippen LogP contribution in [0.4, 0.5) is 0 Å². The van der Waals surface area contributed by atoms with Crippen LogP contribution in [0.1, 0.15) is 70.1 Å². The van der Waals surface area contributed by atoms with Crippen molar-refractivity contribution in [1.29, 1.82) is 0 Å². The highest BCUT2D eigenvalue weighted by molar-refractivity contribution is 5.85. The van der Waals surface area contributed by atoms with Crippen LogP contribution in [0.3, 0.4) is 0 Å². The zero-order valence-electron chi connectivity index (χ0n) is 21.0. The van der Waals surface area contributed by atoms with Gasteiger partial charge in [0.15, 0.2) is 0 Å². The maximum Gasteiger partial charge on any atom is 0.242 e. The number of hydrogen-bond acceptors (Lipinski definition) is 2. The van der Waals surface area contributed by atoms with Crippen molar-refractivity contribution in [2.45, 2.75) is 84.8 Å². The molecule has 3 heteroatoms. The normalized spacial score (nSPS) is 14.9. The molecule has 1 fully saturated rings. The van der Waals surface area contributed by atoms with E-state index >= 15 is 0 Å². The van der Waals surface area contributed by atoms with Crippen molar-refractivity contribution < 1.29 is 4.79 Å². The second kappa shape index (κ2) is 11.4. The molecule has 0 bridgehead atoms. The average Bonchev–Trinajstić information content (AvgIpc) is 2.74. The summed E-state index contributed by atoms with van der Waals surface area (Å²) in [5.41, 5.74) is 7.53. The van der Waals surface area contributed by atoms with E-state index < -0.39 is 0 Å². The van der Waals surface area contributed by atoms with E-state index in [0.29, 0.717) is 0 Å². The number of nitrogens with one attached hydrogen (secondary N) is 1. The Kier molecular flexibility index (Phi) is 8.55. The molecule has 2 atom stereocenters. The van der Waals surface area contributed by atoms with Gasteiger partial charge >= 0.3 is 0 Å². The van der Waals surface area contributed by atoms with Crippen molar-refractivity contribution in [2.24, 2.45) is 0 Å². The second-order valence-electron chi connectivity index (χ2n) is 9.67. The molecule has 2 unspecified atom stereocenters. The van der Waals surface area contributed by atoms with Crippen LogP contribution in [0.25, 0.3) is 5.70 Å². The summed E-state index contributed by atoms with van der Waals surface area (Å²) >= 11 is 0. The summed E-state index contributed by atoms with van der Waals surface area (Å²) in [7, 11) is 0. The minimum absolute atomic E-state index is 0.0259. The maximum atomic E-state index is 13.6. The number of nitrogens with zero attached hydrogens (tertiary/aromatic N) is 1. The molecule has 0 spiro atoms. The molecular weight excluding hydrogens is 404 g/mol. The Hall–Kier alpha value is -2.81. The van der Waals surface area contributed by atoms with Crippen molar-refractivity contribution in [3.8, 4) is 0 Å². The maximum absolute atomic E-state index is 13.6. The monoisotopic (exact) mass is 444 g/mol. The van der Waals surface area contributed by atoms with Crippen LogP contribution in [-0.4, -0.2) is 28.9 Å². The summed E-state index contributed by atoms with van der Waals surface area (Å²) < 4.78 is 0. The molecule has 2 aromatic carbocycles. The van der Waals surface area contributed by atoms with Crippen LogP contribution in [0.15, 0.2) is 72.3 Å². The molecule has 3 nitrogen and oxygen atoms in total. The second-order valence-corrected chi connectivity index (χ2v) is 9.67. The van der Waals surface area contributed by atoms with Gasteiger partial charge in [-0.3, -0.25) is 4.79 Å². The Bertz CT molecular complexity index is 983. The van der Waals surface area contributed by atoms with Gasteiger partial charge in [0, 0.05) is 17.3 Å². The first-order valence-corrected chi connectivity index (χ1v) is 12.4. The van der Waals surface area contributed by atoms with Crippen molar-refractivity contribution in [3.63, 3.8) is 0 Å². The molecule has 0 aromatic heterocycles. The summed E-state index contributed by atoms with van der Waals surface area (Å²) in [6.45, 7) is 14.9. The van der Waals surface area contributed by atoms with Crippen LogP contribution < -0.4 is 5.32 Å². The Morgan fingerprint density at radius 1 is 1.03 bits per heavy atom. The first kappa shape index (κ1) is 24.8. The summed E-state index contributed by atoms with van der Waals surface area (Å²) in [4.78, 5) is 16.0. The Labute approximate surface area is 200 Å². The third kappa shape index (κ3) is 5.96. The Morgan fingerprint density at radius 2 is 1.67 bits per heavy atom. The lowest BCUT2D eigenvalue weighted by Gasteiger charge is -2.44. The first-order chi connectivity index (χ1) is 15.8. The Balaban J connectivity index is 2.19. The summed E-state index contributed by atoms with van der Waals surface area (Å²) in [5.74, 6) is 0.0952. The third-order valence-corrected chi connectivity index (χ3v) is 6.58. The van der Waals surface area contributed by atoms with Gasteiger partial charge in [0.1, 0.15) is 6.04 Å².